The smallest absolute Gasteiger partial charge is 0.326 e. The van der Waals surface area contributed by atoms with E-state index in [-0.39, 0.29) is 18.6 Å². The minimum absolute atomic E-state index is 0.0145. The van der Waals surface area contributed by atoms with Gasteiger partial charge in [0.2, 0.25) is 17.7 Å². The lowest BCUT2D eigenvalue weighted by molar-refractivity contribution is -0.142. The molecule has 0 fully saturated rings. The number of hydrogen-bond donors (Lipinski definition) is 7. The first-order valence-corrected chi connectivity index (χ1v) is 11.7. The minimum Gasteiger partial charge on any atom is -0.508 e. The lowest BCUT2D eigenvalue weighted by Crippen LogP contribution is -2.57. The van der Waals surface area contributed by atoms with Gasteiger partial charge in [0.25, 0.3) is 0 Å². The maximum Gasteiger partial charge on any atom is 0.326 e. The topological polar surface area (TPSA) is 191 Å². The highest BCUT2D eigenvalue weighted by Crippen LogP contribution is 2.12. The molecule has 33 heavy (non-hydrogen) atoms. The molecule has 1 aromatic carbocycles. The molecule has 12 heteroatoms. The first-order chi connectivity index (χ1) is 15.5. The number of phenols is 1. The summed E-state index contributed by atoms with van der Waals surface area (Å²) in [5.41, 5.74) is 6.17. The van der Waals surface area contributed by atoms with Crippen LogP contribution in [0.3, 0.4) is 0 Å². The van der Waals surface area contributed by atoms with Crippen molar-refractivity contribution in [2.45, 2.75) is 57.0 Å². The van der Waals surface area contributed by atoms with Gasteiger partial charge in [0.05, 0.1) is 6.10 Å². The number of carboxylic acid groups (broad SMARTS) is 1. The summed E-state index contributed by atoms with van der Waals surface area (Å²) in [6, 6.07) is 1.38. The summed E-state index contributed by atoms with van der Waals surface area (Å²) in [7, 11) is 0. The molecular weight excluding hydrogens is 452 g/mol. The average molecular weight is 485 g/mol. The summed E-state index contributed by atoms with van der Waals surface area (Å²) in [5.74, 6) is -2.80. The van der Waals surface area contributed by atoms with Crippen molar-refractivity contribution in [3.63, 3.8) is 0 Å². The molecule has 5 unspecified atom stereocenters. The zero-order valence-electron chi connectivity index (χ0n) is 18.8. The number of aliphatic carboxylic acids is 1. The Balaban J connectivity index is 2.97. The van der Waals surface area contributed by atoms with Gasteiger partial charge in [-0.15, -0.1) is 0 Å². The molecule has 3 amide bonds. The van der Waals surface area contributed by atoms with Crippen molar-refractivity contribution in [2.24, 2.45) is 5.73 Å². The van der Waals surface area contributed by atoms with Gasteiger partial charge >= 0.3 is 5.97 Å². The molecule has 184 valence electrons. The van der Waals surface area contributed by atoms with Gasteiger partial charge in [-0.25, -0.2) is 4.79 Å². The van der Waals surface area contributed by atoms with E-state index in [1.165, 1.54) is 37.7 Å². The fourth-order valence-electron chi connectivity index (χ4n) is 2.73. The van der Waals surface area contributed by atoms with E-state index in [0.717, 1.165) is 0 Å². The van der Waals surface area contributed by atoms with E-state index < -0.39 is 54.0 Å². The fourth-order valence-corrected chi connectivity index (χ4v) is 3.20. The second kappa shape index (κ2) is 13.7. The molecule has 0 aliphatic rings. The quantitative estimate of drug-likeness (QED) is 0.183. The van der Waals surface area contributed by atoms with Crippen molar-refractivity contribution >= 4 is 35.5 Å². The average Bonchev–Trinajstić information content (AvgIpc) is 2.76. The molecule has 0 aromatic heterocycles. The molecule has 0 bridgehead atoms. The lowest BCUT2D eigenvalue weighted by atomic mass is 10.0. The van der Waals surface area contributed by atoms with Gasteiger partial charge in [0.15, 0.2) is 0 Å². The first kappa shape index (κ1) is 28.2. The van der Waals surface area contributed by atoms with Crippen LogP contribution < -0.4 is 21.7 Å². The summed E-state index contributed by atoms with van der Waals surface area (Å²) in [4.78, 5) is 49.1. The second-order valence-electron chi connectivity index (χ2n) is 7.61. The highest BCUT2D eigenvalue weighted by atomic mass is 32.2. The number of carbonyl (C=O) groups excluding carboxylic acids is 3. The van der Waals surface area contributed by atoms with Crippen LogP contribution >= 0.6 is 11.8 Å². The molecule has 8 N–H and O–H groups in total. The Bertz CT molecular complexity index is 819. The van der Waals surface area contributed by atoms with Gasteiger partial charge in [0.1, 0.15) is 29.9 Å². The molecule has 5 atom stereocenters. The van der Waals surface area contributed by atoms with Crippen molar-refractivity contribution in [3.8, 4) is 5.75 Å². The Morgan fingerprint density at radius 2 is 1.55 bits per heavy atom. The van der Waals surface area contributed by atoms with Crippen LogP contribution in [0.4, 0.5) is 0 Å². The van der Waals surface area contributed by atoms with Crippen LogP contribution in [0.25, 0.3) is 0 Å². The third-order valence-corrected chi connectivity index (χ3v) is 5.45. The number of nitrogens with two attached hydrogens (primary N) is 1. The summed E-state index contributed by atoms with van der Waals surface area (Å²) in [6.45, 7) is 2.72. The summed E-state index contributed by atoms with van der Waals surface area (Å²) in [5, 5.41) is 35.6. The van der Waals surface area contributed by atoms with Crippen LogP contribution in [-0.4, -0.2) is 81.3 Å². The van der Waals surface area contributed by atoms with Gasteiger partial charge in [0, 0.05) is 6.42 Å². The number of benzene rings is 1. The van der Waals surface area contributed by atoms with E-state index in [1.54, 1.807) is 12.1 Å². The van der Waals surface area contributed by atoms with Gasteiger partial charge in [-0.1, -0.05) is 12.1 Å². The van der Waals surface area contributed by atoms with Crippen LogP contribution in [-0.2, 0) is 25.6 Å². The number of amides is 3. The number of carbonyl (C=O) groups is 4. The van der Waals surface area contributed by atoms with Crippen LogP contribution in [0.5, 0.6) is 5.75 Å². The fraction of sp³-hybridized carbons (Fsp3) is 0.524. The molecule has 1 rings (SSSR count). The van der Waals surface area contributed by atoms with E-state index in [9.17, 15) is 34.5 Å². The van der Waals surface area contributed by atoms with Crippen molar-refractivity contribution in [1.29, 1.82) is 0 Å². The number of aliphatic hydroxyl groups is 1. The number of hydrogen-bond acceptors (Lipinski definition) is 8. The van der Waals surface area contributed by atoms with E-state index in [1.807, 2.05) is 6.26 Å². The third-order valence-electron chi connectivity index (χ3n) is 4.81. The molecule has 1 aromatic rings. The molecule has 11 nitrogen and oxygen atoms in total. The number of aromatic hydroxyl groups is 1. The normalized spacial score (nSPS) is 15.4. The monoisotopic (exact) mass is 484 g/mol. The van der Waals surface area contributed by atoms with Crippen LogP contribution in [0, 0.1) is 0 Å². The van der Waals surface area contributed by atoms with E-state index in [4.69, 9.17) is 5.73 Å². The van der Waals surface area contributed by atoms with E-state index in [0.29, 0.717) is 11.3 Å². The SMILES string of the molecule is CSCCC(NC(=O)C(Cc1ccc(O)cc1)NC(=O)C(C)NC(=O)C(N)C(C)O)C(=O)O. The lowest BCUT2D eigenvalue weighted by Gasteiger charge is -2.24. The number of nitrogens with one attached hydrogen (secondary N) is 3. The first-order valence-electron chi connectivity index (χ1n) is 10.3. The summed E-state index contributed by atoms with van der Waals surface area (Å²) < 4.78 is 0. The number of thioether (sulfide) groups is 1. The van der Waals surface area contributed by atoms with Crippen LogP contribution in [0.15, 0.2) is 24.3 Å². The standard InChI is InChI=1S/C21H32N4O7S/c1-11(23-20(30)17(22)12(2)26)18(28)25-16(10-13-4-6-14(27)7-5-13)19(29)24-15(21(31)32)8-9-33-3/h4-7,11-12,15-17,26-27H,8-10,22H2,1-3H3,(H,23,30)(H,24,29)(H,25,28)(H,31,32). The van der Waals surface area contributed by atoms with Crippen LogP contribution in [0.2, 0.25) is 0 Å². The van der Waals surface area contributed by atoms with Crippen molar-refractivity contribution < 1.29 is 34.5 Å². The zero-order chi connectivity index (χ0) is 25.1. The van der Waals surface area contributed by atoms with E-state index >= 15 is 0 Å². The van der Waals surface area contributed by atoms with Crippen molar-refractivity contribution in [3.05, 3.63) is 29.8 Å². The highest BCUT2D eigenvalue weighted by molar-refractivity contribution is 7.98. The predicted molar refractivity (Wildman–Crippen MR) is 124 cm³/mol. The van der Waals surface area contributed by atoms with Gasteiger partial charge < -0.3 is 37.0 Å². The van der Waals surface area contributed by atoms with Gasteiger partial charge in [-0.3, -0.25) is 14.4 Å². The van der Waals surface area contributed by atoms with Gasteiger partial charge in [-0.05, 0) is 50.0 Å². The summed E-state index contributed by atoms with van der Waals surface area (Å²) >= 11 is 1.43. The van der Waals surface area contributed by atoms with Crippen molar-refractivity contribution in [1.82, 2.24) is 16.0 Å². The Morgan fingerprint density at radius 3 is 2.06 bits per heavy atom. The molecule has 0 spiro atoms. The summed E-state index contributed by atoms with van der Waals surface area (Å²) in [6.07, 6.45) is 0.905. The number of phenolic OH excluding ortho intramolecular Hbond substituents is 1. The third kappa shape index (κ3) is 9.68. The largest absolute Gasteiger partial charge is 0.508 e. The van der Waals surface area contributed by atoms with Crippen molar-refractivity contribution in [2.75, 3.05) is 12.0 Å². The molecule has 0 aliphatic carbocycles. The predicted octanol–water partition coefficient (Wildman–Crippen LogP) is -1.05. The van der Waals surface area contributed by atoms with Crippen LogP contribution in [0.1, 0.15) is 25.8 Å². The Hall–Kier alpha value is -2.83. The Labute approximate surface area is 196 Å². The number of aliphatic hydroxyl groups excluding tert-OH is 1. The molecule has 0 aliphatic heterocycles. The second-order valence-corrected chi connectivity index (χ2v) is 8.59. The van der Waals surface area contributed by atoms with E-state index in [2.05, 4.69) is 16.0 Å². The Kier molecular flexibility index (Phi) is 11.7. The maximum absolute atomic E-state index is 12.9. The number of carboxylic acids is 1. The maximum atomic E-state index is 12.9. The minimum atomic E-state index is -1.23. The number of rotatable bonds is 13. The Morgan fingerprint density at radius 1 is 0.970 bits per heavy atom. The molecule has 0 saturated heterocycles. The van der Waals surface area contributed by atoms with Gasteiger partial charge in [-0.2, -0.15) is 11.8 Å². The molecule has 0 heterocycles. The molecular formula is C21H32N4O7S. The molecule has 0 saturated carbocycles. The molecule has 0 radical (unpaired) electrons. The highest BCUT2D eigenvalue weighted by Gasteiger charge is 2.29. The zero-order valence-corrected chi connectivity index (χ0v) is 19.6.